The zero-order valence-electron chi connectivity index (χ0n) is 16.1. The molecule has 0 spiro atoms. The van der Waals surface area contributed by atoms with Crippen molar-refractivity contribution in [3.8, 4) is 0 Å². The first-order valence-corrected chi connectivity index (χ1v) is 9.35. The summed E-state index contributed by atoms with van der Waals surface area (Å²) in [5.74, 6) is -0.288. The molecule has 0 unspecified atom stereocenters. The number of nitrogens with zero attached hydrogens (tertiary/aromatic N) is 5. The fourth-order valence-electron chi connectivity index (χ4n) is 2.91. The summed E-state index contributed by atoms with van der Waals surface area (Å²) in [7, 11) is 0. The lowest BCUT2D eigenvalue weighted by Gasteiger charge is -2.17. The maximum Gasteiger partial charge on any atom is 0.275 e. The Morgan fingerprint density at radius 3 is 2.70 bits per heavy atom. The number of hydrogen-bond acceptors (Lipinski definition) is 8. The van der Waals surface area contributed by atoms with Gasteiger partial charge in [0.15, 0.2) is 11.3 Å². The van der Waals surface area contributed by atoms with Crippen LogP contribution in [-0.2, 0) is 0 Å². The highest BCUT2D eigenvalue weighted by atomic mass is 35.5. The third kappa shape index (κ3) is 5.44. The number of anilines is 1. The van der Waals surface area contributed by atoms with Crippen LogP contribution in [0.2, 0.25) is 0 Å². The van der Waals surface area contributed by atoms with E-state index in [0.717, 1.165) is 17.7 Å². The van der Waals surface area contributed by atoms with Crippen LogP contribution in [0.3, 0.4) is 0 Å². The average molecular weight is 497 g/mol. The summed E-state index contributed by atoms with van der Waals surface area (Å²) in [5, 5.41) is 7.08. The maximum atomic E-state index is 13.4. The largest absolute Gasteiger partial charge is 0.348 e. The molecular weight excluding hydrogens is 476 g/mol. The molecule has 3 aromatic rings. The van der Waals surface area contributed by atoms with E-state index in [2.05, 4.69) is 30.6 Å². The fourth-order valence-corrected chi connectivity index (χ4v) is 3.75. The van der Waals surface area contributed by atoms with Crippen LogP contribution in [-0.4, -0.2) is 50.5 Å². The van der Waals surface area contributed by atoms with Crippen molar-refractivity contribution in [2.45, 2.75) is 19.9 Å². The first-order valence-electron chi connectivity index (χ1n) is 8.53. The molecule has 1 fully saturated rings. The lowest BCUT2D eigenvalue weighted by atomic mass is 10.1. The van der Waals surface area contributed by atoms with Gasteiger partial charge in [-0.3, -0.25) is 15.1 Å². The molecule has 30 heavy (non-hydrogen) atoms. The molecular formula is C17H21Cl3FN7OS. The summed E-state index contributed by atoms with van der Waals surface area (Å²) >= 11 is 1.40. The molecule has 4 heterocycles. The Kier molecular flexibility index (Phi) is 9.57. The second-order valence-corrected chi connectivity index (χ2v) is 7.51. The topological polar surface area (TPSA) is 95.9 Å². The summed E-state index contributed by atoms with van der Waals surface area (Å²) < 4.78 is 14.1. The Hall–Kier alpha value is -1.85. The van der Waals surface area contributed by atoms with Gasteiger partial charge in [-0.15, -0.1) is 48.6 Å². The predicted octanol–water partition coefficient (Wildman–Crippen LogP) is 3.37. The van der Waals surface area contributed by atoms with Gasteiger partial charge in [-0.2, -0.15) is 4.98 Å². The van der Waals surface area contributed by atoms with Crippen LogP contribution in [0.5, 0.6) is 0 Å². The third-order valence-corrected chi connectivity index (χ3v) is 5.25. The average Bonchev–Trinajstić information content (AvgIpc) is 3.29. The van der Waals surface area contributed by atoms with Crippen LogP contribution >= 0.6 is 48.6 Å². The highest BCUT2D eigenvalue weighted by Gasteiger charge is 2.25. The van der Waals surface area contributed by atoms with Crippen molar-refractivity contribution >= 4 is 70.8 Å². The molecule has 1 saturated heterocycles. The summed E-state index contributed by atoms with van der Waals surface area (Å²) in [4.78, 5) is 31.8. The number of pyridine rings is 1. The molecule has 1 aliphatic heterocycles. The van der Waals surface area contributed by atoms with Crippen LogP contribution in [0.25, 0.3) is 10.3 Å². The lowest BCUT2D eigenvalue weighted by Crippen LogP contribution is -2.30. The highest BCUT2D eigenvalue weighted by Crippen LogP contribution is 2.27. The van der Waals surface area contributed by atoms with Crippen molar-refractivity contribution in [3.05, 3.63) is 40.5 Å². The van der Waals surface area contributed by atoms with Crippen LogP contribution in [0.4, 0.5) is 10.3 Å². The zero-order chi connectivity index (χ0) is 19.0. The van der Waals surface area contributed by atoms with Crippen LogP contribution < -0.4 is 10.6 Å². The Morgan fingerprint density at radius 2 is 2.03 bits per heavy atom. The van der Waals surface area contributed by atoms with E-state index in [1.165, 1.54) is 17.4 Å². The summed E-state index contributed by atoms with van der Waals surface area (Å²) in [6.45, 7) is 5.61. The second-order valence-electron chi connectivity index (χ2n) is 6.31. The van der Waals surface area contributed by atoms with E-state index in [-0.39, 0.29) is 55.1 Å². The smallest absolute Gasteiger partial charge is 0.275 e. The molecule has 1 atom stereocenters. The van der Waals surface area contributed by atoms with Gasteiger partial charge in [0, 0.05) is 19.3 Å². The van der Waals surface area contributed by atoms with Crippen molar-refractivity contribution in [1.82, 2.24) is 30.2 Å². The molecule has 0 saturated carbocycles. The van der Waals surface area contributed by atoms with Gasteiger partial charge in [-0.25, -0.2) is 14.4 Å². The summed E-state index contributed by atoms with van der Waals surface area (Å²) in [5.41, 5.74) is 1.47. The number of fused-ring (bicyclic) bond motifs is 1. The molecule has 1 aliphatic rings. The molecule has 164 valence electrons. The molecule has 4 rings (SSSR count). The maximum absolute atomic E-state index is 13.4. The number of nitrogens with one attached hydrogen (secondary N) is 2. The number of carbonyl (C=O) groups is 1. The van der Waals surface area contributed by atoms with Crippen molar-refractivity contribution in [1.29, 1.82) is 0 Å². The number of carbonyl (C=O) groups excluding carboxylic acids is 1. The number of rotatable bonds is 4. The van der Waals surface area contributed by atoms with Gasteiger partial charge in [0.25, 0.3) is 5.91 Å². The van der Waals surface area contributed by atoms with E-state index >= 15 is 0 Å². The molecule has 8 nitrogen and oxygen atoms in total. The standard InChI is InChI=1S/C17H18FN7OS.3ClH/c1-9(11-5-12(18)7-20-6-11)21-17-23-13(16(26)25-4-3-19-8-25)14-15(24-17)22-10(2)27-14;;;/h5-7,9,19H,3-4,8H2,1-2H3,(H,21,23,24);3*1H/t9-;;;/m0.../s1. The molecule has 0 bridgehead atoms. The molecule has 13 heteroatoms. The van der Waals surface area contributed by atoms with E-state index in [0.29, 0.717) is 34.8 Å². The van der Waals surface area contributed by atoms with E-state index in [1.54, 1.807) is 11.1 Å². The van der Waals surface area contributed by atoms with Gasteiger partial charge >= 0.3 is 0 Å². The molecule has 3 aromatic heterocycles. The number of thiazole rings is 1. The Balaban J connectivity index is 0.00000150. The lowest BCUT2D eigenvalue weighted by molar-refractivity contribution is 0.0787. The highest BCUT2D eigenvalue weighted by molar-refractivity contribution is 7.18. The predicted molar refractivity (Wildman–Crippen MR) is 122 cm³/mol. The van der Waals surface area contributed by atoms with E-state index < -0.39 is 5.82 Å². The minimum absolute atomic E-state index is 0. The first kappa shape index (κ1) is 26.2. The Labute approximate surface area is 195 Å². The van der Waals surface area contributed by atoms with Crippen molar-refractivity contribution in [2.24, 2.45) is 0 Å². The van der Waals surface area contributed by atoms with Gasteiger partial charge < -0.3 is 10.2 Å². The summed E-state index contributed by atoms with van der Waals surface area (Å²) in [6, 6.07) is 1.11. The monoisotopic (exact) mass is 495 g/mol. The minimum atomic E-state index is -0.412. The SMILES string of the molecule is Cc1nc2nc(N[C@@H](C)c3cncc(F)c3)nc(C(=O)N3CCNC3)c2s1.Cl.Cl.Cl. The van der Waals surface area contributed by atoms with Gasteiger partial charge in [-0.05, 0) is 25.5 Å². The van der Waals surface area contributed by atoms with Crippen LogP contribution in [0.1, 0.15) is 34.0 Å². The number of amides is 1. The molecule has 0 radical (unpaired) electrons. The molecule has 0 aromatic carbocycles. The summed E-state index contributed by atoms with van der Waals surface area (Å²) in [6.07, 6.45) is 2.73. The molecule has 1 amide bonds. The molecule has 2 N–H and O–H groups in total. The number of aromatic nitrogens is 4. The van der Waals surface area contributed by atoms with Crippen LogP contribution in [0, 0.1) is 12.7 Å². The van der Waals surface area contributed by atoms with Crippen LogP contribution in [0.15, 0.2) is 18.5 Å². The normalized spacial score (nSPS) is 13.8. The number of hydrogen-bond donors (Lipinski definition) is 2. The van der Waals surface area contributed by atoms with Crippen molar-refractivity contribution in [2.75, 3.05) is 25.1 Å². The second kappa shape index (κ2) is 11.0. The Bertz CT molecular complexity index is 1020. The van der Waals surface area contributed by atoms with Crippen molar-refractivity contribution in [3.63, 3.8) is 0 Å². The third-order valence-electron chi connectivity index (χ3n) is 4.28. The van der Waals surface area contributed by atoms with E-state index in [1.807, 2.05) is 13.8 Å². The van der Waals surface area contributed by atoms with Gasteiger partial charge in [0.05, 0.1) is 23.9 Å². The minimum Gasteiger partial charge on any atom is -0.348 e. The van der Waals surface area contributed by atoms with E-state index in [4.69, 9.17) is 0 Å². The molecule has 0 aliphatic carbocycles. The fraction of sp³-hybridized carbons (Fsp3) is 0.353. The number of aryl methyl sites for hydroxylation is 1. The van der Waals surface area contributed by atoms with Gasteiger partial charge in [0.1, 0.15) is 10.5 Å². The van der Waals surface area contributed by atoms with Gasteiger partial charge in [-0.1, -0.05) is 0 Å². The number of halogens is 4. The first-order chi connectivity index (χ1) is 13.0. The van der Waals surface area contributed by atoms with Crippen molar-refractivity contribution < 1.29 is 9.18 Å². The zero-order valence-corrected chi connectivity index (χ0v) is 19.4. The Morgan fingerprint density at radius 1 is 1.27 bits per heavy atom. The van der Waals surface area contributed by atoms with E-state index in [9.17, 15) is 9.18 Å². The van der Waals surface area contributed by atoms with Gasteiger partial charge in [0.2, 0.25) is 5.95 Å². The quantitative estimate of drug-likeness (QED) is 0.572.